The summed E-state index contributed by atoms with van der Waals surface area (Å²) in [7, 11) is 3.19. The number of hydrogen-bond donors (Lipinski definition) is 1. The van der Waals surface area contributed by atoms with Gasteiger partial charge in [-0.05, 0) is 29.8 Å². The van der Waals surface area contributed by atoms with Gasteiger partial charge in [0.05, 0.1) is 30.8 Å². The molecule has 3 aromatic rings. The largest absolute Gasteiger partial charge is 0.493 e. The van der Waals surface area contributed by atoms with Gasteiger partial charge in [0, 0.05) is 12.6 Å². The van der Waals surface area contributed by atoms with E-state index >= 15 is 0 Å². The van der Waals surface area contributed by atoms with Gasteiger partial charge in [-0.1, -0.05) is 6.07 Å². The van der Waals surface area contributed by atoms with Crippen LogP contribution in [-0.4, -0.2) is 29.4 Å². The first-order valence-electron chi connectivity index (χ1n) is 6.76. The summed E-state index contributed by atoms with van der Waals surface area (Å²) in [5, 5.41) is 7.18. The van der Waals surface area contributed by atoms with Crippen LogP contribution < -0.4 is 15.0 Å². The summed E-state index contributed by atoms with van der Waals surface area (Å²) in [6.45, 7) is 0. The van der Waals surface area contributed by atoms with E-state index < -0.39 is 0 Å². The van der Waals surface area contributed by atoms with E-state index in [0.717, 1.165) is 5.56 Å². The van der Waals surface area contributed by atoms with E-state index in [1.807, 2.05) is 18.2 Å². The van der Waals surface area contributed by atoms with Crippen molar-refractivity contribution in [2.24, 2.45) is 0 Å². The predicted molar refractivity (Wildman–Crippen MR) is 82.5 cm³/mol. The minimum Gasteiger partial charge on any atom is -0.493 e. The van der Waals surface area contributed by atoms with Crippen molar-refractivity contribution in [1.82, 2.24) is 15.2 Å². The number of nitrogens with zero attached hydrogens (tertiary/aromatic N) is 2. The standard InChI is InChI=1S/C16H15N3O3/c1-21-13-6-5-10(9-14(13)22-2)8-12-15-11(4-3-7-17-15)16(20)19-18-12/h3-7,9H,8H2,1-2H3,(H,19,20). The second-order valence-electron chi connectivity index (χ2n) is 4.77. The molecule has 22 heavy (non-hydrogen) atoms. The van der Waals surface area contributed by atoms with Gasteiger partial charge in [0.1, 0.15) is 0 Å². The number of rotatable bonds is 4. The van der Waals surface area contributed by atoms with Crippen LogP contribution in [0.2, 0.25) is 0 Å². The molecule has 1 N–H and O–H groups in total. The molecule has 6 nitrogen and oxygen atoms in total. The number of hydrogen-bond acceptors (Lipinski definition) is 5. The zero-order valence-electron chi connectivity index (χ0n) is 12.3. The zero-order valence-corrected chi connectivity index (χ0v) is 12.3. The molecule has 0 fully saturated rings. The maximum absolute atomic E-state index is 11.8. The van der Waals surface area contributed by atoms with E-state index in [1.54, 1.807) is 32.5 Å². The third-order valence-corrected chi connectivity index (χ3v) is 3.44. The topological polar surface area (TPSA) is 77.1 Å². The third-order valence-electron chi connectivity index (χ3n) is 3.44. The Labute approximate surface area is 126 Å². The number of methoxy groups -OCH3 is 2. The molecule has 6 heteroatoms. The van der Waals surface area contributed by atoms with Crippen LogP contribution in [0, 0.1) is 0 Å². The smallest absolute Gasteiger partial charge is 0.273 e. The molecular formula is C16H15N3O3. The second kappa shape index (κ2) is 5.85. The van der Waals surface area contributed by atoms with Gasteiger partial charge in [-0.3, -0.25) is 9.78 Å². The number of H-pyrrole nitrogens is 1. The van der Waals surface area contributed by atoms with E-state index in [-0.39, 0.29) is 5.56 Å². The Morgan fingerprint density at radius 1 is 1.14 bits per heavy atom. The fourth-order valence-electron chi connectivity index (χ4n) is 2.36. The summed E-state index contributed by atoms with van der Waals surface area (Å²) < 4.78 is 10.5. The quantitative estimate of drug-likeness (QED) is 0.796. The number of aromatic amines is 1. The fraction of sp³-hybridized carbons (Fsp3) is 0.188. The number of fused-ring (bicyclic) bond motifs is 1. The monoisotopic (exact) mass is 297 g/mol. The van der Waals surface area contributed by atoms with Gasteiger partial charge in [0.2, 0.25) is 0 Å². The van der Waals surface area contributed by atoms with Crippen LogP contribution in [0.3, 0.4) is 0 Å². The van der Waals surface area contributed by atoms with Gasteiger partial charge in [0.15, 0.2) is 11.5 Å². The highest BCUT2D eigenvalue weighted by Crippen LogP contribution is 2.28. The van der Waals surface area contributed by atoms with Crippen LogP contribution in [0.15, 0.2) is 41.3 Å². The maximum Gasteiger partial charge on any atom is 0.273 e. The number of benzene rings is 1. The van der Waals surface area contributed by atoms with Crippen LogP contribution >= 0.6 is 0 Å². The fourth-order valence-corrected chi connectivity index (χ4v) is 2.36. The van der Waals surface area contributed by atoms with E-state index in [1.165, 1.54) is 0 Å². The van der Waals surface area contributed by atoms with E-state index in [4.69, 9.17) is 9.47 Å². The molecule has 1 aromatic carbocycles. The van der Waals surface area contributed by atoms with Gasteiger partial charge in [0.25, 0.3) is 5.56 Å². The van der Waals surface area contributed by atoms with Gasteiger partial charge < -0.3 is 9.47 Å². The molecule has 0 aliphatic heterocycles. The second-order valence-corrected chi connectivity index (χ2v) is 4.77. The number of nitrogens with one attached hydrogen (secondary N) is 1. The zero-order chi connectivity index (χ0) is 15.5. The average molecular weight is 297 g/mol. The molecular weight excluding hydrogens is 282 g/mol. The molecule has 0 unspecified atom stereocenters. The lowest BCUT2D eigenvalue weighted by Gasteiger charge is -2.10. The average Bonchev–Trinajstić information content (AvgIpc) is 2.57. The van der Waals surface area contributed by atoms with Gasteiger partial charge in [-0.2, -0.15) is 5.10 Å². The first-order chi connectivity index (χ1) is 10.7. The Morgan fingerprint density at radius 2 is 1.95 bits per heavy atom. The Bertz CT molecular complexity index is 874. The number of pyridine rings is 1. The number of ether oxygens (including phenoxy) is 2. The van der Waals surface area contributed by atoms with Crippen molar-refractivity contribution in [3.05, 3.63) is 58.1 Å². The van der Waals surface area contributed by atoms with E-state index in [2.05, 4.69) is 15.2 Å². The lowest BCUT2D eigenvalue weighted by molar-refractivity contribution is 0.354. The van der Waals surface area contributed by atoms with Crippen LogP contribution in [0.4, 0.5) is 0 Å². The van der Waals surface area contributed by atoms with Gasteiger partial charge in [-0.15, -0.1) is 0 Å². The van der Waals surface area contributed by atoms with Crippen LogP contribution in [0.25, 0.3) is 10.9 Å². The van der Waals surface area contributed by atoms with Crippen molar-refractivity contribution in [3.63, 3.8) is 0 Å². The molecule has 2 aromatic heterocycles. The van der Waals surface area contributed by atoms with Crippen LogP contribution in [0.5, 0.6) is 11.5 Å². The van der Waals surface area contributed by atoms with Crippen molar-refractivity contribution in [2.75, 3.05) is 14.2 Å². The summed E-state index contributed by atoms with van der Waals surface area (Å²) in [6.07, 6.45) is 2.19. The first kappa shape index (κ1) is 14.1. The third kappa shape index (κ3) is 2.50. The van der Waals surface area contributed by atoms with Crippen molar-refractivity contribution >= 4 is 10.9 Å². The van der Waals surface area contributed by atoms with E-state index in [0.29, 0.717) is 34.5 Å². The summed E-state index contributed by atoms with van der Waals surface area (Å²) in [4.78, 5) is 16.0. The molecule has 0 amide bonds. The first-order valence-corrected chi connectivity index (χ1v) is 6.76. The normalized spacial score (nSPS) is 10.6. The highest BCUT2D eigenvalue weighted by molar-refractivity contribution is 5.79. The van der Waals surface area contributed by atoms with Crippen molar-refractivity contribution in [1.29, 1.82) is 0 Å². The van der Waals surface area contributed by atoms with Gasteiger partial charge in [-0.25, -0.2) is 5.10 Å². The molecule has 2 heterocycles. The molecule has 0 radical (unpaired) electrons. The van der Waals surface area contributed by atoms with Crippen molar-refractivity contribution < 1.29 is 9.47 Å². The maximum atomic E-state index is 11.8. The molecule has 0 spiro atoms. The summed E-state index contributed by atoms with van der Waals surface area (Å²) in [6, 6.07) is 9.14. The SMILES string of the molecule is COc1ccc(Cc2n[nH]c(=O)c3cccnc23)cc1OC. The highest BCUT2D eigenvalue weighted by Gasteiger charge is 2.10. The molecule has 0 aliphatic rings. The highest BCUT2D eigenvalue weighted by atomic mass is 16.5. The summed E-state index contributed by atoms with van der Waals surface area (Å²) in [5.74, 6) is 1.32. The minimum atomic E-state index is -0.237. The molecule has 3 rings (SSSR count). The molecule has 0 aliphatic carbocycles. The van der Waals surface area contributed by atoms with Crippen LogP contribution in [-0.2, 0) is 6.42 Å². The minimum absolute atomic E-state index is 0.237. The lowest BCUT2D eigenvalue weighted by atomic mass is 10.1. The van der Waals surface area contributed by atoms with Gasteiger partial charge >= 0.3 is 0 Å². The lowest BCUT2D eigenvalue weighted by Crippen LogP contribution is -2.12. The summed E-state index contributed by atoms with van der Waals surface area (Å²) in [5.41, 5.74) is 2.08. The van der Waals surface area contributed by atoms with Crippen molar-refractivity contribution in [3.8, 4) is 11.5 Å². The Morgan fingerprint density at radius 3 is 2.73 bits per heavy atom. The van der Waals surface area contributed by atoms with Crippen LogP contribution in [0.1, 0.15) is 11.3 Å². The molecule has 0 atom stereocenters. The predicted octanol–water partition coefficient (Wildman–Crippen LogP) is 1.93. The molecule has 0 saturated heterocycles. The number of aromatic nitrogens is 3. The molecule has 112 valence electrons. The Hall–Kier alpha value is -2.89. The van der Waals surface area contributed by atoms with Crippen molar-refractivity contribution in [2.45, 2.75) is 6.42 Å². The molecule has 0 bridgehead atoms. The summed E-state index contributed by atoms with van der Waals surface area (Å²) >= 11 is 0. The Balaban J connectivity index is 2.04. The Kier molecular flexibility index (Phi) is 3.74. The molecule has 0 saturated carbocycles. The van der Waals surface area contributed by atoms with E-state index in [9.17, 15) is 4.79 Å².